The average molecular weight is 397 g/mol. The quantitative estimate of drug-likeness (QED) is 0.598. The lowest BCUT2D eigenvalue weighted by atomic mass is 10.1. The van der Waals surface area contributed by atoms with E-state index in [2.05, 4.69) is 10.2 Å². The van der Waals surface area contributed by atoms with E-state index in [0.717, 1.165) is 5.52 Å². The van der Waals surface area contributed by atoms with Crippen molar-refractivity contribution in [1.29, 1.82) is 0 Å². The van der Waals surface area contributed by atoms with Gasteiger partial charge in [-0.3, -0.25) is 4.79 Å². The molecule has 1 amide bonds. The van der Waals surface area contributed by atoms with Gasteiger partial charge in [-0.15, -0.1) is 10.2 Å². The highest BCUT2D eigenvalue weighted by atomic mass is 16.5. The maximum atomic E-state index is 12.6. The highest BCUT2D eigenvalue weighted by Crippen LogP contribution is 2.41. The van der Waals surface area contributed by atoms with Crippen molar-refractivity contribution in [2.45, 2.75) is 19.9 Å². The number of methoxy groups -OCH3 is 3. The third-order valence-corrected chi connectivity index (χ3v) is 4.53. The van der Waals surface area contributed by atoms with Gasteiger partial charge in [0.2, 0.25) is 11.6 Å². The van der Waals surface area contributed by atoms with E-state index in [4.69, 9.17) is 14.2 Å². The first-order chi connectivity index (χ1) is 13.9. The number of ether oxygens (including phenoxy) is 3. The predicted octanol–water partition coefficient (Wildman–Crippen LogP) is 4.88. The Morgan fingerprint density at radius 2 is 1.66 bits per heavy atom. The van der Waals surface area contributed by atoms with Crippen LogP contribution in [0, 0.1) is 0 Å². The summed E-state index contributed by atoms with van der Waals surface area (Å²) in [4.78, 5) is 12.6. The molecule has 0 aliphatic rings. The van der Waals surface area contributed by atoms with Crippen molar-refractivity contribution < 1.29 is 24.1 Å². The summed E-state index contributed by atoms with van der Waals surface area (Å²) in [5.74, 6) is 0.406. The van der Waals surface area contributed by atoms with E-state index >= 15 is 0 Å². The van der Waals surface area contributed by atoms with Gasteiger partial charge in [0.15, 0.2) is 17.2 Å². The molecule has 0 atom stereocenters. The van der Waals surface area contributed by atoms with Crippen molar-refractivity contribution in [3.05, 3.63) is 42.0 Å². The molecular weight excluding hydrogens is 374 g/mol. The largest absolute Gasteiger partial charge is 0.493 e. The van der Waals surface area contributed by atoms with Crippen LogP contribution >= 0.6 is 0 Å². The van der Waals surface area contributed by atoms with Crippen LogP contribution in [0.4, 0.5) is 5.69 Å². The lowest BCUT2D eigenvalue weighted by molar-refractivity contribution is 0.0994. The molecule has 8 heteroatoms. The molecule has 0 unspecified atom stereocenters. The number of azo groups is 1. The molecule has 0 aliphatic carbocycles. The molecule has 152 valence electrons. The third-order valence-electron chi connectivity index (χ3n) is 4.53. The van der Waals surface area contributed by atoms with Crippen molar-refractivity contribution in [3.8, 4) is 23.1 Å². The van der Waals surface area contributed by atoms with E-state index in [9.17, 15) is 9.90 Å². The molecule has 3 rings (SSSR count). The maximum Gasteiger partial charge on any atom is 0.295 e. The Bertz CT molecular complexity index is 1060. The number of rotatable bonds is 6. The molecule has 29 heavy (non-hydrogen) atoms. The summed E-state index contributed by atoms with van der Waals surface area (Å²) >= 11 is 0. The van der Waals surface area contributed by atoms with E-state index in [-0.39, 0.29) is 23.2 Å². The zero-order valence-corrected chi connectivity index (χ0v) is 17.0. The van der Waals surface area contributed by atoms with Gasteiger partial charge in [-0.25, -0.2) is 0 Å². The number of nitrogens with zero attached hydrogens (tertiary/aromatic N) is 3. The Hall–Kier alpha value is -3.55. The summed E-state index contributed by atoms with van der Waals surface area (Å²) in [6, 6.07) is 10.4. The smallest absolute Gasteiger partial charge is 0.295 e. The number of benzene rings is 2. The standard InChI is InChI=1S/C21H23N3O5/c1-12(2)24-15-9-7-6-8-14(15)18(21(24)26)22-23-20(25)13-10-16(27-3)19(29-5)17(11-13)28-4/h6-12,26H,1-5H3. The number of carbonyl (C=O) groups is 1. The molecule has 0 fully saturated rings. The van der Waals surface area contributed by atoms with Gasteiger partial charge in [-0.2, -0.15) is 0 Å². The predicted molar refractivity (Wildman–Crippen MR) is 109 cm³/mol. The normalized spacial score (nSPS) is 11.4. The Morgan fingerprint density at radius 1 is 1.03 bits per heavy atom. The number of fused-ring (bicyclic) bond motifs is 1. The van der Waals surface area contributed by atoms with Crippen molar-refractivity contribution in [2.24, 2.45) is 10.2 Å². The second-order valence-electron chi connectivity index (χ2n) is 6.57. The van der Waals surface area contributed by atoms with E-state index < -0.39 is 5.91 Å². The Morgan fingerprint density at radius 3 is 2.21 bits per heavy atom. The van der Waals surface area contributed by atoms with Crippen molar-refractivity contribution in [2.75, 3.05) is 21.3 Å². The van der Waals surface area contributed by atoms with Gasteiger partial charge in [0.1, 0.15) is 0 Å². The van der Waals surface area contributed by atoms with Crippen LogP contribution in [0.25, 0.3) is 10.9 Å². The van der Waals surface area contributed by atoms with Gasteiger partial charge >= 0.3 is 0 Å². The average Bonchev–Trinajstić information content (AvgIpc) is 3.01. The van der Waals surface area contributed by atoms with Crippen LogP contribution in [-0.4, -0.2) is 36.9 Å². The number of aromatic hydroxyl groups is 1. The van der Waals surface area contributed by atoms with Crippen LogP contribution in [0.15, 0.2) is 46.6 Å². The molecule has 1 N–H and O–H groups in total. The summed E-state index contributed by atoms with van der Waals surface area (Å²) in [5, 5.41) is 19.2. The Balaban J connectivity index is 2.03. The van der Waals surface area contributed by atoms with Crippen LogP contribution in [0.5, 0.6) is 23.1 Å². The molecule has 0 aliphatic heterocycles. The zero-order chi connectivity index (χ0) is 21.1. The van der Waals surface area contributed by atoms with Gasteiger partial charge in [-0.05, 0) is 32.0 Å². The number of aromatic nitrogens is 1. The molecule has 1 aromatic heterocycles. The molecule has 0 saturated carbocycles. The highest BCUT2D eigenvalue weighted by Gasteiger charge is 2.20. The highest BCUT2D eigenvalue weighted by molar-refractivity contribution is 5.98. The number of hydrogen-bond acceptors (Lipinski definition) is 6. The van der Waals surface area contributed by atoms with E-state index in [1.165, 1.54) is 33.5 Å². The Kier molecular flexibility index (Phi) is 5.72. The second kappa shape index (κ2) is 8.22. The molecule has 2 aromatic carbocycles. The van der Waals surface area contributed by atoms with Gasteiger partial charge in [0, 0.05) is 11.4 Å². The minimum atomic E-state index is -0.606. The Labute approximate surface area is 168 Å². The molecular formula is C21H23N3O5. The van der Waals surface area contributed by atoms with Crippen molar-refractivity contribution in [3.63, 3.8) is 0 Å². The molecule has 8 nitrogen and oxygen atoms in total. The minimum absolute atomic E-state index is 0.00895. The van der Waals surface area contributed by atoms with Crippen LogP contribution in [0.2, 0.25) is 0 Å². The summed E-state index contributed by atoms with van der Waals surface area (Å²) in [5.41, 5.74) is 1.28. The first-order valence-electron chi connectivity index (χ1n) is 9.00. The lowest BCUT2D eigenvalue weighted by Crippen LogP contribution is -2.00. The monoisotopic (exact) mass is 397 g/mol. The fourth-order valence-corrected chi connectivity index (χ4v) is 3.21. The van der Waals surface area contributed by atoms with Gasteiger partial charge in [-0.1, -0.05) is 18.2 Å². The van der Waals surface area contributed by atoms with Crippen LogP contribution < -0.4 is 14.2 Å². The van der Waals surface area contributed by atoms with Gasteiger partial charge in [0.25, 0.3) is 5.91 Å². The molecule has 0 saturated heterocycles. The lowest BCUT2D eigenvalue weighted by Gasteiger charge is -2.12. The van der Waals surface area contributed by atoms with Crippen LogP contribution in [0.3, 0.4) is 0 Å². The third kappa shape index (κ3) is 3.61. The number of para-hydroxylation sites is 1. The number of hydrogen-bond donors (Lipinski definition) is 1. The first kappa shape index (κ1) is 20.2. The molecule has 0 spiro atoms. The number of amides is 1. The van der Waals surface area contributed by atoms with Crippen molar-refractivity contribution in [1.82, 2.24) is 4.57 Å². The molecule has 0 radical (unpaired) electrons. The maximum absolute atomic E-state index is 12.6. The first-order valence-corrected chi connectivity index (χ1v) is 9.00. The molecule has 0 bridgehead atoms. The van der Waals surface area contributed by atoms with Gasteiger partial charge < -0.3 is 23.9 Å². The summed E-state index contributed by atoms with van der Waals surface area (Å²) in [7, 11) is 4.41. The summed E-state index contributed by atoms with van der Waals surface area (Å²) < 4.78 is 17.5. The minimum Gasteiger partial charge on any atom is -0.493 e. The fraction of sp³-hybridized carbons (Fsp3) is 0.286. The fourth-order valence-electron chi connectivity index (χ4n) is 3.21. The van der Waals surface area contributed by atoms with E-state index in [1.54, 1.807) is 4.57 Å². The summed E-state index contributed by atoms with van der Waals surface area (Å²) in [6.45, 7) is 3.91. The van der Waals surface area contributed by atoms with Gasteiger partial charge in [0.05, 0.1) is 32.4 Å². The summed E-state index contributed by atoms with van der Waals surface area (Å²) in [6.07, 6.45) is 0. The SMILES string of the molecule is COc1cc(C(=O)N=Nc2c(O)n(C(C)C)c3ccccc23)cc(OC)c1OC. The topological polar surface area (TPSA) is 94.6 Å². The van der Waals surface area contributed by atoms with E-state index in [1.807, 2.05) is 38.1 Å². The van der Waals surface area contributed by atoms with E-state index in [0.29, 0.717) is 22.6 Å². The number of carbonyl (C=O) groups excluding carboxylic acids is 1. The molecule has 1 heterocycles. The molecule has 3 aromatic rings. The van der Waals surface area contributed by atoms with Crippen LogP contribution in [0.1, 0.15) is 30.2 Å². The van der Waals surface area contributed by atoms with Crippen LogP contribution in [-0.2, 0) is 0 Å². The van der Waals surface area contributed by atoms with Crippen molar-refractivity contribution >= 4 is 22.5 Å². The zero-order valence-electron chi connectivity index (χ0n) is 17.0. The second-order valence-corrected chi connectivity index (χ2v) is 6.57.